The molecule has 1 aromatic carbocycles. The van der Waals surface area contributed by atoms with Crippen LogP contribution in [0.5, 0.6) is 5.75 Å². The Morgan fingerprint density at radius 2 is 2.08 bits per heavy atom. The fourth-order valence-electron chi connectivity index (χ4n) is 1.03. The summed E-state index contributed by atoms with van der Waals surface area (Å²) in [6, 6.07) is 3.46. The van der Waals surface area contributed by atoms with Gasteiger partial charge in [0.1, 0.15) is 12.4 Å². The lowest BCUT2D eigenvalue weighted by atomic mass is 10.2. The summed E-state index contributed by atoms with van der Waals surface area (Å²) in [5.41, 5.74) is 6.23. The van der Waals surface area contributed by atoms with Crippen molar-refractivity contribution in [3.63, 3.8) is 0 Å². The second-order valence-corrected chi connectivity index (χ2v) is 3.51. The van der Waals surface area contributed by atoms with E-state index in [0.717, 1.165) is 5.56 Å². The summed E-state index contributed by atoms with van der Waals surface area (Å²) in [7, 11) is 0. The lowest BCUT2D eigenvalue weighted by molar-refractivity contribution is 0.326. The van der Waals surface area contributed by atoms with Gasteiger partial charge in [-0.15, -0.1) is 0 Å². The van der Waals surface area contributed by atoms with Gasteiger partial charge in [0.15, 0.2) is 0 Å². The van der Waals surface area contributed by atoms with Crippen molar-refractivity contribution < 1.29 is 4.74 Å². The van der Waals surface area contributed by atoms with E-state index >= 15 is 0 Å². The molecule has 0 saturated heterocycles. The molecule has 0 atom stereocenters. The monoisotopic (exact) mass is 219 g/mol. The van der Waals surface area contributed by atoms with E-state index in [1.165, 1.54) is 0 Å². The first-order valence-electron chi connectivity index (χ1n) is 3.93. The van der Waals surface area contributed by atoms with Crippen molar-refractivity contribution in [1.82, 2.24) is 0 Å². The Kier molecular flexibility index (Phi) is 3.85. The van der Waals surface area contributed by atoms with Crippen molar-refractivity contribution >= 4 is 23.2 Å². The average molecular weight is 220 g/mol. The molecule has 0 unspecified atom stereocenters. The van der Waals surface area contributed by atoms with Gasteiger partial charge in [-0.3, -0.25) is 0 Å². The summed E-state index contributed by atoms with van der Waals surface area (Å²) in [5.74, 6) is 0.663. The quantitative estimate of drug-likeness (QED) is 0.849. The van der Waals surface area contributed by atoms with Gasteiger partial charge in [-0.1, -0.05) is 23.2 Å². The zero-order valence-electron chi connectivity index (χ0n) is 7.31. The van der Waals surface area contributed by atoms with Crippen molar-refractivity contribution in [3.8, 4) is 5.75 Å². The molecule has 1 rings (SSSR count). The summed E-state index contributed by atoms with van der Waals surface area (Å²) < 4.78 is 5.36. The van der Waals surface area contributed by atoms with E-state index in [2.05, 4.69) is 0 Å². The minimum absolute atomic E-state index is 0.461. The van der Waals surface area contributed by atoms with Gasteiger partial charge < -0.3 is 10.5 Å². The smallest absolute Gasteiger partial charge is 0.140 e. The van der Waals surface area contributed by atoms with Crippen LogP contribution in [0.2, 0.25) is 10.0 Å². The molecule has 0 radical (unpaired) electrons. The molecule has 2 nitrogen and oxygen atoms in total. The topological polar surface area (TPSA) is 35.2 Å². The molecule has 72 valence electrons. The lowest BCUT2D eigenvalue weighted by Crippen LogP contribution is -2.11. The summed E-state index contributed by atoms with van der Waals surface area (Å²) in [6.45, 7) is 2.82. The molecule has 0 heterocycles. The van der Waals surface area contributed by atoms with Crippen LogP contribution >= 0.6 is 23.2 Å². The molecule has 0 amide bonds. The maximum Gasteiger partial charge on any atom is 0.140 e. The van der Waals surface area contributed by atoms with Crippen molar-refractivity contribution in [3.05, 3.63) is 27.7 Å². The predicted molar refractivity (Wildman–Crippen MR) is 55.7 cm³/mol. The molecule has 0 aliphatic carbocycles. The predicted octanol–water partition coefficient (Wildman–Crippen LogP) is 2.64. The van der Waals surface area contributed by atoms with Gasteiger partial charge in [-0.2, -0.15) is 0 Å². The van der Waals surface area contributed by atoms with Gasteiger partial charge in [0, 0.05) is 11.6 Å². The van der Waals surface area contributed by atoms with Gasteiger partial charge in [0.05, 0.1) is 5.02 Å². The molecular formula is C9H11Cl2NO. The number of aryl methyl sites for hydroxylation is 1. The molecule has 0 aliphatic rings. The number of rotatable bonds is 3. The highest BCUT2D eigenvalue weighted by Crippen LogP contribution is 2.31. The third-order valence-electron chi connectivity index (χ3n) is 1.56. The fraction of sp³-hybridized carbons (Fsp3) is 0.333. The average Bonchev–Trinajstić information content (AvgIpc) is 2.02. The van der Waals surface area contributed by atoms with Gasteiger partial charge in [0.2, 0.25) is 0 Å². The minimum atomic E-state index is 0.461. The first-order chi connectivity index (χ1) is 6.15. The van der Waals surface area contributed by atoms with E-state index in [-0.39, 0.29) is 0 Å². The summed E-state index contributed by atoms with van der Waals surface area (Å²) >= 11 is 11.7. The summed E-state index contributed by atoms with van der Waals surface area (Å²) in [5, 5.41) is 1.14. The SMILES string of the molecule is Cc1cc(Cl)cc(Cl)c1OCCN. The molecule has 13 heavy (non-hydrogen) atoms. The third-order valence-corrected chi connectivity index (χ3v) is 2.06. The Labute approximate surface area is 87.6 Å². The first-order valence-corrected chi connectivity index (χ1v) is 4.69. The zero-order valence-corrected chi connectivity index (χ0v) is 8.82. The Morgan fingerprint density at radius 3 is 2.62 bits per heavy atom. The van der Waals surface area contributed by atoms with Crippen molar-refractivity contribution in [1.29, 1.82) is 0 Å². The normalized spacial score (nSPS) is 10.2. The molecule has 0 aliphatic heterocycles. The Bertz CT molecular complexity index is 279. The lowest BCUT2D eigenvalue weighted by Gasteiger charge is -2.10. The Morgan fingerprint density at radius 1 is 1.38 bits per heavy atom. The highest BCUT2D eigenvalue weighted by atomic mass is 35.5. The summed E-state index contributed by atoms with van der Waals surface area (Å²) in [4.78, 5) is 0. The van der Waals surface area contributed by atoms with Gasteiger partial charge in [-0.25, -0.2) is 0 Å². The van der Waals surface area contributed by atoms with E-state index in [1.807, 2.05) is 6.92 Å². The summed E-state index contributed by atoms with van der Waals surface area (Å²) in [6.07, 6.45) is 0. The standard InChI is InChI=1S/C9H11Cl2NO/c1-6-4-7(10)5-8(11)9(6)13-3-2-12/h4-5H,2-3,12H2,1H3. The van der Waals surface area contributed by atoms with E-state index in [1.54, 1.807) is 12.1 Å². The molecule has 1 aromatic rings. The van der Waals surface area contributed by atoms with Crippen LogP contribution < -0.4 is 10.5 Å². The van der Waals surface area contributed by atoms with Gasteiger partial charge in [0.25, 0.3) is 0 Å². The molecule has 2 N–H and O–H groups in total. The maximum absolute atomic E-state index is 5.92. The van der Waals surface area contributed by atoms with Crippen molar-refractivity contribution in [2.75, 3.05) is 13.2 Å². The Hall–Kier alpha value is -0.440. The van der Waals surface area contributed by atoms with Crippen LogP contribution in [0.1, 0.15) is 5.56 Å². The Balaban J connectivity index is 2.92. The van der Waals surface area contributed by atoms with Crippen LogP contribution in [-0.4, -0.2) is 13.2 Å². The molecule has 0 bridgehead atoms. The van der Waals surface area contributed by atoms with Crippen molar-refractivity contribution in [2.45, 2.75) is 6.92 Å². The van der Waals surface area contributed by atoms with Gasteiger partial charge in [-0.05, 0) is 24.6 Å². The van der Waals surface area contributed by atoms with E-state index in [9.17, 15) is 0 Å². The molecule has 0 spiro atoms. The van der Waals surface area contributed by atoms with Crippen molar-refractivity contribution in [2.24, 2.45) is 5.73 Å². The van der Waals surface area contributed by atoms with Crippen LogP contribution in [0.3, 0.4) is 0 Å². The van der Waals surface area contributed by atoms with E-state index in [0.29, 0.717) is 28.9 Å². The molecule has 0 fully saturated rings. The third kappa shape index (κ3) is 2.76. The minimum Gasteiger partial charge on any atom is -0.490 e. The second kappa shape index (κ2) is 4.70. The number of nitrogens with two attached hydrogens (primary N) is 1. The number of hydrogen-bond donors (Lipinski definition) is 1. The molecule has 0 aromatic heterocycles. The van der Waals surface area contributed by atoms with Crippen LogP contribution in [0.15, 0.2) is 12.1 Å². The second-order valence-electron chi connectivity index (χ2n) is 2.67. The maximum atomic E-state index is 5.92. The highest BCUT2D eigenvalue weighted by Gasteiger charge is 2.06. The van der Waals surface area contributed by atoms with Crippen LogP contribution in [0.4, 0.5) is 0 Å². The van der Waals surface area contributed by atoms with Gasteiger partial charge >= 0.3 is 0 Å². The number of benzene rings is 1. The van der Waals surface area contributed by atoms with Crippen LogP contribution in [0.25, 0.3) is 0 Å². The number of halogens is 2. The number of hydrogen-bond acceptors (Lipinski definition) is 2. The van der Waals surface area contributed by atoms with E-state index < -0.39 is 0 Å². The highest BCUT2D eigenvalue weighted by molar-refractivity contribution is 6.35. The van der Waals surface area contributed by atoms with Crippen LogP contribution in [0, 0.1) is 6.92 Å². The largest absolute Gasteiger partial charge is 0.490 e. The molecule has 4 heteroatoms. The molecule has 0 saturated carbocycles. The van der Waals surface area contributed by atoms with Crippen LogP contribution in [-0.2, 0) is 0 Å². The zero-order chi connectivity index (χ0) is 9.84. The number of ether oxygens (including phenoxy) is 1. The van der Waals surface area contributed by atoms with E-state index in [4.69, 9.17) is 33.7 Å². The first kappa shape index (κ1) is 10.6. The fourth-order valence-corrected chi connectivity index (χ4v) is 1.68. The molecular weight excluding hydrogens is 209 g/mol.